The molecule has 5 aromatic rings. The first-order chi connectivity index (χ1) is 20.1. The third-order valence-electron chi connectivity index (χ3n) is 7.14. The number of para-hydroxylation sites is 1. The summed E-state index contributed by atoms with van der Waals surface area (Å²) >= 11 is 0. The average molecular weight is 544 g/mol. The summed E-state index contributed by atoms with van der Waals surface area (Å²) in [6.07, 6.45) is 4.60. The molecule has 1 aliphatic heterocycles. The highest BCUT2D eigenvalue weighted by molar-refractivity contribution is 6.07. The lowest BCUT2D eigenvalue weighted by atomic mass is 10.0. The number of amides is 1. The number of carboxylic acid groups (broad SMARTS) is 1. The summed E-state index contributed by atoms with van der Waals surface area (Å²) in [6, 6.07) is 33.6. The van der Waals surface area contributed by atoms with E-state index in [1.54, 1.807) is 12.4 Å². The summed E-state index contributed by atoms with van der Waals surface area (Å²) in [6.45, 7) is 0.690. The van der Waals surface area contributed by atoms with E-state index in [-0.39, 0.29) is 18.2 Å². The summed E-state index contributed by atoms with van der Waals surface area (Å²) in [4.78, 5) is 41.4. The Balaban J connectivity index is 0.00000108. The van der Waals surface area contributed by atoms with E-state index >= 15 is 0 Å². The van der Waals surface area contributed by atoms with E-state index < -0.39 is 0 Å². The molecule has 0 fully saturated rings. The quantitative estimate of drug-likeness (QED) is 0.201. The van der Waals surface area contributed by atoms with Gasteiger partial charge in [-0.2, -0.15) is 0 Å². The number of pyridine rings is 1. The molecule has 0 saturated heterocycles. The first kappa shape index (κ1) is 27.3. The van der Waals surface area contributed by atoms with E-state index in [1.807, 2.05) is 95.9 Å². The molecule has 3 heterocycles. The Hall–Kier alpha value is -5.30. The predicted octanol–water partition coefficient (Wildman–Crippen LogP) is 6.28. The van der Waals surface area contributed by atoms with Crippen molar-refractivity contribution in [2.45, 2.75) is 25.9 Å². The zero-order valence-corrected chi connectivity index (χ0v) is 22.4. The molecule has 0 unspecified atom stereocenters. The van der Waals surface area contributed by atoms with Crippen LogP contribution in [0, 0.1) is 0 Å². The van der Waals surface area contributed by atoms with E-state index in [4.69, 9.17) is 9.90 Å². The smallest absolute Gasteiger partial charge is 0.290 e. The lowest BCUT2D eigenvalue weighted by Gasteiger charge is -2.23. The van der Waals surface area contributed by atoms with Gasteiger partial charge in [-0.3, -0.25) is 19.4 Å². The number of hydrogen-bond acceptors (Lipinski definition) is 4. The van der Waals surface area contributed by atoms with E-state index in [9.17, 15) is 9.59 Å². The van der Waals surface area contributed by atoms with Gasteiger partial charge in [0.25, 0.3) is 12.4 Å². The molecule has 0 spiro atoms. The van der Waals surface area contributed by atoms with Gasteiger partial charge >= 0.3 is 0 Å². The molecule has 0 saturated carbocycles. The number of carbonyl (C=O) groups is 3. The Morgan fingerprint density at radius 1 is 0.805 bits per heavy atom. The summed E-state index contributed by atoms with van der Waals surface area (Å²) in [7, 11) is 0. The summed E-state index contributed by atoms with van der Waals surface area (Å²) in [5.41, 5.74) is 7.38. The predicted molar refractivity (Wildman–Crippen MR) is 158 cm³/mol. The van der Waals surface area contributed by atoms with Crippen molar-refractivity contribution < 1.29 is 19.5 Å². The fourth-order valence-electron chi connectivity index (χ4n) is 5.11. The molecular formula is C34H29N3O4. The molecule has 6 rings (SSSR count). The van der Waals surface area contributed by atoms with Crippen LogP contribution in [0.3, 0.4) is 0 Å². The molecule has 1 aliphatic rings. The van der Waals surface area contributed by atoms with Gasteiger partial charge in [0, 0.05) is 35.8 Å². The fraction of sp³-hybridized carbons (Fsp3) is 0.118. The van der Waals surface area contributed by atoms with Crippen LogP contribution in [0.2, 0.25) is 0 Å². The number of aromatic nitrogens is 2. The second-order valence-electron chi connectivity index (χ2n) is 9.65. The molecule has 0 bridgehead atoms. The molecule has 41 heavy (non-hydrogen) atoms. The van der Waals surface area contributed by atoms with Crippen molar-refractivity contribution in [2.24, 2.45) is 0 Å². The van der Waals surface area contributed by atoms with Crippen molar-refractivity contribution >= 4 is 23.9 Å². The molecule has 1 amide bonds. The highest BCUT2D eigenvalue weighted by Crippen LogP contribution is 2.31. The minimum atomic E-state index is -0.250. The average Bonchev–Trinajstić information content (AvgIpc) is 3.34. The number of carbonyl (C=O) groups excluding carboxylic acids is 2. The van der Waals surface area contributed by atoms with Gasteiger partial charge in [0.2, 0.25) is 0 Å². The Morgan fingerprint density at radius 2 is 1.51 bits per heavy atom. The molecule has 204 valence electrons. The summed E-state index contributed by atoms with van der Waals surface area (Å²) < 4.78 is 2.07. The molecule has 0 atom stereocenters. The first-order valence-corrected chi connectivity index (χ1v) is 13.3. The monoisotopic (exact) mass is 543 g/mol. The number of Topliss-reactive ketones (excluding diaryl/α,β-unsaturated/α-hetero) is 1. The second-order valence-corrected chi connectivity index (χ2v) is 9.65. The lowest BCUT2D eigenvalue weighted by molar-refractivity contribution is -0.122. The maximum Gasteiger partial charge on any atom is 0.290 e. The highest BCUT2D eigenvalue weighted by Gasteiger charge is 2.27. The van der Waals surface area contributed by atoms with Gasteiger partial charge in [-0.25, -0.2) is 0 Å². The maximum absolute atomic E-state index is 13.8. The van der Waals surface area contributed by atoms with Crippen molar-refractivity contribution in [3.63, 3.8) is 0 Å². The van der Waals surface area contributed by atoms with Crippen LogP contribution in [0.5, 0.6) is 0 Å². The Labute approximate surface area is 238 Å². The van der Waals surface area contributed by atoms with Crippen LogP contribution in [0.4, 0.5) is 5.69 Å². The number of fused-ring (bicyclic) bond motifs is 2. The van der Waals surface area contributed by atoms with E-state index in [0.717, 1.165) is 33.6 Å². The third kappa shape index (κ3) is 6.15. The van der Waals surface area contributed by atoms with Crippen LogP contribution >= 0.6 is 0 Å². The molecule has 0 radical (unpaired) electrons. The number of anilines is 1. The molecule has 2 aromatic heterocycles. The molecule has 0 aliphatic carbocycles. The van der Waals surface area contributed by atoms with E-state index in [1.165, 1.54) is 0 Å². The van der Waals surface area contributed by atoms with Gasteiger partial charge < -0.3 is 14.6 Å². The Morgan fingerprint density at radius 3 is 2.24 bits per heavy atom. The minimum absolute atomic E-state index is 0.0591. The Kier molecular flexibility index (Phi) is 8.45. The van der Waals surface area contributed by atoms with Gasteiger partial charge in [0.05, 0.1) is 18.8 Å². The molecule has 7 heteroatoms. The normalized spacial score (nSPS) is 11.8. The topological polar surface area (TPSA) is 92.5 Å². The minimum Gasteiger partial charge on any atom is -0.483 e. The van der Waals surface area contributed by atoms with Gasteiger partial charge in [-0.1, -0.05) is 66.7 Å². The molecular weight excluding hydrogens is 514 g/mol. The van der Waals surface area contributed by atoms with E-state index in [2.05, 4.69) is 21.7 Å². The maximum atomic E-state index is 13.8. The van der Waals surface area contributed by atoms with Gasteiger partial charge in [0.1, 0.15) is 0 Å². The van der Waals surface area contributed by atoms with Gasteiger partial charge in [-0.15, -0.1) is 0 Å². The zero-order chi connectivity index (χ0) is 28.6. The number of rotatable bonds is 6. The largest absolute Gasteiger partial charge is 0.483 e. The van der Waals surface area contributed by atoms with Crippen molar-refractivity contribution in [3.8, 4) is 11.1 Å². The number of hydrogen-bond donors (Lipinski definition) is 1. The molecule has 1 N–H and O–H groups in total. The van der Waals surface area contributed by atoms with Crippen molar-refractivity contribution in [2.75, 3.05) is 4.90 Å². The zero-order valence-electron chi connectivity index (χ0n) is 22.4. The fourth-order valence-corrected chi connectivity index (χ4v) is 5.11. The van der Waals surface area contributed by atoms with Crippen LogP contribution in [0.15, 0.2) is 116 Å². The lowest BCUT2D eigenvalue weighted by Crippen LogP contribution is -2.30. The summed E-state index contributed by atoms with van der Waals surface area (Å²) in [5, 5.41) is 6.89. The second kappa shape index (κ2) is 12.7. The first-order valence-electron chi connectivity index (χ1n) is 13.3. The van der Waals surface area contributed by atoms with Crippen LogP contribution in [0.25, 0.3) is 11.1 Å². The SMILES string of the molecule is O=C(CCc1cccnc1)c1ccc2n1Cc1ccccc1N(C(=O)c1ccc(-c3ccccc3)cc1)C2.O=CO. The van der Waals surface area contributed by atoms with Gasteiger partial charge in [0.15, 0.2) is 5.78 Å². The van der Waals surface area contributed by atoms with Gasteiger partial charge in [-0.05, 0) is 65.1 Å². The van der Waals surface area contributed by atoms with Crippen molar-refractivity contribution in [3.05, 3.63) is 144 Å². The number of aryl methyl sites for hydroxylation is 1. The van der Waals surface area contributed by atoms with Crippen molar-refractivity contribution in [1.82, 2.24) is 9.55 Å². The standard InChI is InChI=1S/C33H27N3O2.CH2O2/c37-32(19-12-24-7-6-20-34-21-24)31-18-17-29-23-36(30-11-5-4-10-28(30)22-35(29)31)33(38)27-15-13-26(14-16-27)25-8-2-1-3-9-25;2-1-3/h1-11,13-18,20-21H,12,19,22-23H2;1H,(H,2,3). The van der Waals surface area contributed by atoms with Crippen LogP contribution in [-0.4, -0.2) is 32.8 Å². The number of ketones is 1. The highest BCUT2D eigenvalue weighted by atomic mass is 16.3. The molecule has 3 aromatic carbocycles. The third-order valence-corrected chi connectivity index (χ3v) is 7.14. The molecule has 7 nitrogen and oxygen atoms in total. The number of nitrogens with zero attached hydrogens (tertiary/aromatic N) is 3. The Bertz CT molecular complexity index is 1640. The van der Waals surface area contributed by atoms with Crippen LogP contribution < -0.4 is 4.90 Å². The van der Waals surface area contributed by atoms with Crippen LogP contribution in [-0.2, 0) is 24.3 Å². The number of benzene rings is 3. The summed E-state index contributed by atoms with van der Waals surface area (Å²) in [5.74, 6) is 0.0324. The van der Waals surface area contributed by atoms with Crippen LogP contribution in [0.1, 0.15) is 44.1 Å². The van der Waals surface area contributed by atoms with E-state index in [0.29, 0.717) is 37.2 Å². The van der Waals surface area contributed by atoms with Crippen molar-refractivity contribution in [1.29, 1.82) is 0 Å².